The fraction of sp³-hybridized carbons (Fsp3) is 0.600. The molecular formula is C15H26N2O. The normalized spacial score (nSPS) is 14.6. The van der Waals surface area contributed by atoms with E-state index in [1.807, 2.05) is 13.1 Å². The third kappa shape index (κ3) is 3.47. The number of hydrogen-bond donors (Lipinski definition) is 2. The number of hydrogen-bond acceptors (Lipinski definition) is 3. The van der Waals surface area contributed by atoms with Crippen molar-refractivity contribution in [3.63, 3.8) is 0 Å². The highest BCUT2D eigenvalue weighted by molar-refractivity contribution is 5.37. The van der Waals surface area contributed by atoms with Crippen molar-refractivity contribution in [3.05, 3.63) is 29.3 Å². The quantitative estimate of drug-likeness (QED) is 0.815. The molecule has 2 atom stereocenters. The van der Waals surface area contributed by atoms with Crippen LogP contribution in [0.1, 0.15) is 31.0 Å². The summed E-state index contributed by atoms with van der Waals surface area (Å²) < 4.78 is 5.28. The van der Waals surface area contributed by atoms with Gasteiger partial charge in [0.15, 0.2) is 0 Å². The van der Waals surface area contributed by atoms with Crippen molar-refractivity contribution >= 4 is 0 Å². The van der Waals surface area contributed by atoms with Crippen molar-refractivity contribution in [2.45, 2.75) is 26.8 Å². The van der Waals surface area contributed by atoms with Gasteiger partial charge < -0.3 is 15.8 Å². The first-order valence-corrected chi connectivity index (χ1v) is 6.56. The van der Waals surface area contributed by atoms with Crippen LogP contribution in [-0.4, -0.2) is 20.7 Å². The van der Waals surface area contributed by atoms with Crippen molar-refractivity contribution < 1.29 is 4.74 Å². The third-order valence-electron chi connectivity index (χ3n) is 3.56. The van der Waals surface area contributed by atoms with E-state index in [4.69, 9.17) is 10.5 Å². The van der Waals surface area contributed by atoms with Crippen LogP contribution in [0.4, 0.5) is 0 Å². The van der Waals surface area contributed by atoms with Crippen molar-refractivity contribution in [3.8, 4) is 5.75 Å². The maximum absolute atomic E-state index is 6.41. The molecule has 0 saturated carbocycles. The summed E-state index contributed by atoms with van der Waals surface area (Å²) in [6.07, 6.45) is 0. The number of nitrogens with one attached hydrogen (secondary N) is 1. The Kier molecular flexibility index (Phi) is 5.63. The van der Waals surface area contributed by atoms with Gasteiger partial charge in [0.25, 0.3) is 0 Å². The Morgan fingerprint density at radius 2 is 2.00 bits per heavy atom. The SMILES string of the molecule is CNCC(C(C)C)C(N)c1ccc(OC)c(C)c1. The van der Waals surface area contributed by atoms with Gasteiger partial charge in [-0.05, 0) is 49.5 Å². The third-order valence-corrected chi connectivity index (χ3v) is 3.56. The van der Waals surface area contributed by atoms with Gasteiger partial charge in [-0.25, -0.2) is 0 Å². The average Bonchev–Trinajstić information content (AvgIpc) is 2.34. The molecule has 1 aromatic carbocycles. The van der Waals surface area contributed by atoms with Gasteiger partial charge in [-0.2, -0.15) is 0 Å². The molecule has 1 rings (SSSR count). The Morgan fingerprint density at radius 1 is 1.33 bits per heavy atom. The molecule has 18 heavy (non-hydrogen) atoms. The van der Waals surface area contributed by atoms with E-state index in [0.29, 0.717) is 11.8 Å². The molecule has 1 aromatic rings. The lowest BCUT2D eigenvalue weighted by Crippen LogP contribution is -2.33. The van der Waals surface area contributed by atoms with Gasteiger partial charge >= 0.3 is 0 Å². The van der Waals surface area contributed by atoms with Crippen molar-refractivity contribution in [1.29, 1.82) is 0 Å². The number of nitrogens with two attached hydrogens (primary N) is 1. The molecule has 0 saturated heterocycles. The minimum Gasteiger partial charge on any atom is -0.496 e. The molecule has 102 valence electrons. The first-order chi connectivity index (χ1) is 8.51. The number of ether oxygens (including phenoxy) is 1. The molecule has 0 heterocycles. The summed E-state index contributed by atoms with van der Waals surface area (Å²) in [5.41, 5.74) is 8.72. The zero-order valence-electron chi connectivity index (χ0n) is 12.2. The van der Waals surface area contributed by atoms with Crippen LogP contribution in [-0.2, 0) is 0 Å². The van der Waals surface area contributed by atoms with Crippen LogP contribution in [0, 0.1) is 18.8 Å². The second kappa shape index (κ2) is 6.76. The summed E-state index contributed by atoms with van der Waals surface area (Å²) in [6.45, 7) is 7.43. The zero-order valence-corrected chi connectivity index (χ0v) is 12.2. The van der Waals surface area contributed by atoms with Crippen LogP contribution in [0.15, 0.2) is 18.2 Å². The smallest absolute Gasteiger partial charge is 0.121 e. The molecule has 0 aliphatic rings. The molecular weight excluding hydrogens is 224 g/mol. The minimum absolute atomic E-state index is 0.0575. The molecule has 3 N–H and O–H groups in total. The number of benzene rings is 1. The minimum atomic E-state index is 0.0575. The molecule has 0 spiro atoms. The summed E-state index contributed by atoms with van der Waals surface area (Å²) in [5, 5.41) is 3.23. The van der Waals surface area contributed by atoms with E-state index >= 15 is 0 Å². The van der Waals surface area contributed by atoms with E-state index < -0.39 is 0 Å². The molecule has 3 heteroatoms. The Bertz CT molecular complexity index is 377. The largest absolute Gasteiger partial charge is 0.496 e. The van der Waals surface area contributed by atoms with Gasteiger partial charge in [0.05, 0.1) is 7.11 Å². The molecule has 0 fully saturated rings. The van der Waals surface area contributed by atoms with Gasteiger partial charge in [0.2, 0.25) is 0 Å². The maximum atomic E-state index is 6.41. The lowest BCUT2D eigenvalue weighted by atomic mass is 9.84. The summed E-state index contributed by atoms with van der Waals surface area (Å²) in [7, 11) is 3.67. The van der Waals surface area contributed by atoms with Crippen LogP contribution in [0.25, 0.3) is 0 Å². The Hall–Kier alpha value is -1.06. The van der Waals surface area contributed by atoms with Gasteiger partial charge in [0.1, 0.15) is 5.75 Å². The van der Waals surface area contributed by atoms with Crippen LogP contribution in [0.2, 0.25) is 0 Å². The fourth-order valence-electron chi connectivity index (χ4n) is 2.37. The van der Waals surface area contributed by atoms with E-state index in [1.54, 1.807) is 7.11 Å². The Morgan fingerprint density at radius 3 is 2.44 bits per heavy atom. The summed E-state index contributed by atoms with van der Waals surface area (Å²) >= 11 is 0. The molecule has 0 amide bonds. The van der Waals surface area contributed by atoms with Gasteiger partial charge in [-0.1, -0.05) is 26.0 Å². The van der Waals surface area contributed by atoms with Crippen LogP contribution in [0.3, 0.4) is 0 Å². The first kappa shape index (κ1) is 15.0. The second-order valence-corrected chi connectivity index (χ2v) is 5.22. The molecule has 0 aliphatic heterocycles. The summed E-state index contributed by atoms with van der Waals surface area (Å²) in [5.74, 6) is 1.90. The molecule has 3 nitrogen and oxygen atoms in total. The highest BCUT2D eigenvalue weighted by atomic mass is 16.5. The number of rotatable bonds is 6. The molecule has 0 aromatic heterocycles. The summed E-state index contributed by atoms with van der Waals surface area (Å²) in [4.78, 5) is 0. The number of aryl methyl sites for hydroxylation is 1. The highest BCUT2D eigenvalue weighted by Crippen LogP contribution is 2.28. The standard InChI is InChI=1S/C15H26N2O/c1-10(2)13(9-17-4)15(16)12-6-7-14(18-5)11(3)8-12/h6-8,10,13,15,17H,9,16H2,1-5H3. The first-order valence-electron chi connectivity index (χ1n) is 6.56. The molecule has 0 bridgehead atoms. The second-order valence-electron chi connectivity index (χ2n) is 5.22. The van der Waals surface area contributed by atoms with Crippen molar-refractivity contribution in [2.24, 2.45) is 17.6 Å². The fourth-order valence-corrected chi connectivity index (χ4v) is 2.37. The van der Waals surface area contributed by atoms with E-state index in [1.165, 1.54) is 5.56 Å². The Labute approximate surface area is 111 Å². The average molecular weight is 250 g/mol. The van der Waals surface area contributed by atoms with E-state index in [0.717, 1.165) is 17.9 Å². The van der Waals surface area contributed by atoms with Gasteiger partial charge in [0, 0.05) is 6.04 Å². The summed E-state index contributed by atoms with van der Waals surface area (Å²) in [6, 6.07) is 6.26. The topological polar surface area (TPSA) is 47.3 Å². The van der Waals surface area contributed by atoms with Crippen LogP contribution in [0.5, 0.6) is 5.75 Å². The van der Waals surface area contributed by atoms with Crippen LogP contribution < -0.4 is 15.8 Å². The van der Waals surface area contributed by atoms with E-state index in [9.17, 15) is 0 Å². The predicted molar refractivity (Wildman–Crippen MR) is 76.9 cm³/mol. The lowest BCUT2D eigenvalue weighted by Gasteiger charge is -2.28. The van der Waals surface area contributed by atoms with Gasteiger partial charge in [-0.15, -0.1) is 0 Å². The lowest BCUT2D eigenvalue weighted by molar-refractivity contribution is 0.314. The van der Waals surface area contributed by atoms with E-state index in [2.05, 4.69) is 38.2 Å². The molecule has 0 aliphatic carbocycles. The zero-order chi connectivity index (χ0) is 13.7. The highest BCUT2D eigenvalue weighted by Gasteiger charge is 2.22. The monoisotopic (exact) mass is 250 g/mol. The van der Waals surface area contributed by atoms with Crippen molar-refractivity contribution in [2.75, 3.05) is 20.7 Å². The maximum Gasteiger partial charge on any atom is 0.121 e. The van der Waals surface area contributed by atoms with Gasteiger partial charge in [-0.3, -0.25) is 0 Å². The van der Waals surface area contributed by atoms with Crippen molar-refractivity contribution in [1.82, 2.24) is 5.32 Å². The van der Waals surface area contributed by atoms with E-state index in [-0.39, 0.29) is 6.04 Å². The molecule has 2 unspecified atom stereocenters. The Balaban J connectivity index is 2.94. The molecule has 0 radical (unpaired) electrons. The van der Waals surface area contributed by atoms with Crippen LogP contribution >= 0.6 is 0 Å². The number of methoxy groups -OCH3 is 1. The predicted octanol–water partition coefficient (Wildman–Crippen LogP) is 2.50.